The smallest absolute Gasteiger partial charge is 0.271 e. The molecule has 1 atom stereocenters. The lowest BCUT2D eigenvalue weighted by molar-refractivity contribution is -0.384. The van der Waals surface area contributed by atoms with Crippen LogP contribution in [0.1, 0.15) is 19.8 Å². The molecule has 0 amide bonds. The molecule has 1 fully saturated rings. The van der Waals surface area contributed by atoms with E-state index in [0.29, 0.717) is 23.5 Å². The first-order chi connectivity index (χ1) is 9.44. The highest BCUT2D eigenvalue weighted by Crippen LogP contribution is 2.26. The van der Waals surface area contributed by atoms with E-state index in [9.17, 15) is 15.2 Å². The first kappa shape index (κ1) is 12.9. The Bertz CT molecular complexity index is 665. The molecule has 1 saturated heterocycles. The number of piperidine rings is 1. The summed E-state index contributed by atoms with van der Waals surface area (Å²) in [6.07, 6.45) is 1.67. The number of non-ortho nitro benzene ring substituents is 1. The number of H-pyrrole nitrogens is 1. The zero-order valence-corrected chi connectivity index (χ0v) is 11.2. The van der Waals surface area contributed by atoms with Crippen molar-refractivity contribution in [3.05, 3.63) is 28.3 Å². The number of nitrogens with zero attached hydrogens (tertiary/aromatic N) is 3. The predicted molar refractivity (Wildman–Crippen MR) is 74.8 cm³/mol. The van der Waals surface area contributed by atoms with E-state index < -0.39 is 10.5 Å². The summed E-state index contributed by atoms with van der Waals surface area (Å²) in [5.74, 6) is 0.653. The van der Waals surface area contributed by atoms with Crippen LogP contribution in [-0.2, 0) is 0 Å². The summed E-state index contributed by atoms with van der Waals surface area (Å²) in [7, 11) is 0. The van der Waals surface area contributed by atoms with Crippen LogP contribution in [0.15, 0.2) is 18.2 Å². The molecular weight excluding hydrogens is 260 g/mol. The second-order valence-corrected chi connectivity index (χ2v) is 5.54. The molecule has 0 saturated carbocycles. The molecule has 7 nitrogen and oxygen atoms in total. The fourth-order valence-electron chi connectivity index (χ4n) is 2.65. The number of hydrogen-bond donors (Lipinski definition) is 2. The van der Waals surface area contributed by atoms with E-state index in [4.69, 9.17) is 0 Å². The molecule has 2 aromatic rings. The van der Waals surface area contributed by atoms with E-state index in [2.05, 4.69) is 9.97 Å². The Morgan fingerprint density at radius 2 is 2.35 bits per heavy atom. The molecule has 0 spiro atoms. The normalized spacial score (nSPS) is 23.2. The zero-order chi connectivity index (χ0) is 14.3. The lowest BCUT2D eigenvalue weighted by atomic mass is 9.95. The highest BCUT2D eigenvalue weighted by atomic mass is 16.6. The maximum absolute atomic E-state index is 10.8. The van der Waals surface area contributed by atoms with Crippen LogP contribution >= 0.6 is 0 Å². The average Bonchev–Trinajstić information content (AvgIpc) is 2.80. The lowest BCUT2D eigenvalue weighted by Gasteiger charge is -2.36. The van der Waals surface area contributed by atoms with Gasteiger partial charge in [0, 0.05) is 25.2 Å². The van der Waals surface area contributed by atoms with Gasteiger partial charge < -0.3 is 15.0 Å². The highest BCUT2D eigenvalue weighted by Gasteiger charge is 2.29. The topological polar surface area (TPSA) is 95.3 Å². The number of anilines is 1. The summed E-state index contributed by atoms with van der Waals surface area (Å²) < 4.78 is 0. The Morgan fingerprint density at radius 1 is 1.55 bits per heavy atom. The van der Waals surface area contributed by atoms with Gasteiger partial charge in [-0.2, -0.15) is 0 Å². The van der Waals surface area contributed by atoms with Crippen LogP contribution in [0.25, 0.3) is 11.0 Å². The van der Waals surface area contributed by atoms with Crippen molar-refractivity contribution in [1.29, 1.82) is 0 Å². The summed E-state index contributed by atoms with van der Waals surface area (Å²) in [6.45, 7) is 3.14. The van der Waals surface area contributed by atoms with Crippen molar-refractivity contribution in [2.75, 3.05) is 18.0 Å². The minimum atomic E-state index is -0.719. The molecule has 1 unspecified atom stereocenters. The van der Waals surface area contributed by atoms with Gasteiger partial charge in [0.15, 0.2) is 0 Å². The molecule has 3 rings (SSSR count). The molecule has 1 aliphatic heterocycles. The minimum absolute atomic E-state index is 0.0401. The molecule has 1 aliphatic rings. The maximum atomic E-state index is 10.8. The number of nitro groups is 1. The van der Waals surface area contributed by atoms with Crippen LogP contribution in [0.4, 0.5) is 11.6 Å². The molecule has 0 bridgehead atoms. The number of aliphatic hydroxyl groups is 1. The van der Waals surface area contributed by atoms with Gasteiger partial charge in [0.25, 0.3) is 5.69 Å². The van der Waals surface area contributed by atoms with Gasteiger partial charge in [0.1, 0.15) is 0 Å². The van der Waals surface area contributed by atoms with Crippen molar-refractivity contribution >= 4 is 22.7 Å². The third-order valence-electron chi connectivity index (χ3n) is 3.64. The molecule has 2 heterocycles. The number of benzene rings is 1. The summed E-state index contributed by atoms with van der Waals surface area (Å²) in [5.41, 5.74) is 0.650. The van der Waals surface area contributed by atoms with Gasteiger partial charge in [-0.1, -0.05) is 0 Å². The fraction of sp³-hybridized carbons (Fsp3) is 0.462. The molecule has 20 heavy (non-hydrogen) atoms. The molecular formula is C13H16N4O3. The fourth-order valence-corrected chi connectivity index (χ4v) is 2.65. The van der Waals surface area contributed by atoms with Gasteiger partial charge in [-0.15, -0.1) is 0 Å². The Kier molecular flexibility index (Phi) is 2.86. The van der Waals surface area contributed by atoms with Crippen LogP contribution in [0.5, 0.6) is 0 Å². The maximum Gasteiger partial charge on any atom is 0.271 e. The molecule has 1 aromatic carbocycles. The van der Waals surface area contributed by atoms with Crippen molar-refractivity contribution in [3.8, 4) is 0 Å². The van der Waals surface area contributed by atoms with E-state index in [-0.39, 0.29) is 5.69 Å². The molecule has 7 heteroatoms. The van der Waals surface area contributed by atoms with Gasteiger partial charge in [-0.05, 0) is 25.8 Å². The van der Waals surface area contributed by atoms with E-state index in [1.807, 2.05) is 11.8 Å². The number of aromatic amines is 1. The Hall–Kier alpha value is -2.15. The van der Waals surface area contributed by atoms with Gasteiger partial charge >= 0.3 is 0 Å². The monoisotopic (exact) mass is 276 g/mol. The zero-order valence-electron chi connectivity index (χ0n) is 11.2. The Balaban J connectivity index is 1.94. The van der Waals surface area contributed by atoms with Crippen LogP contribution in [0, 0.1) is 10.1 Å². The molecule has 1 aromatic heterocycles. The predicted octanol–water partition coefficient (Wildman–Crippen LogP) is 1.82. The van der Waals surface area contributed by atoms with Crippen LogP contribution in [-0.4, -0.2) is 38.7 Å². The number of imidazole rings is 1. The molecule has 2 N–H and O–H groups in total. The number of nitro benzene ring substituents is 1. The molecule has 0 radical (unpaired) electrons. The summed E-state index contributed by atoms with van der Waals surface area (Å²) in [6, 6.07) is 4.56. The van der Waals surface area contributed by atoms with Crippen molar-refractivity contribution in [2.45, 2.75) is 25.4 Å². The van der Waals surface area contributed by atoms with Crippen molar-refractivity contribution < 1.29 is 10.0 Å². The van der Waals surface area contributed by atoms with Gasteiger partial charge in [-0.3, -0.25) is 10.1 Å². The van der Waals surface area contributed by atoms with Gasteiger partial charge in [0.05, 0.1) is 21.6 Å². The van der Waals surface area contributed by atoms with Crippen LogP contribution in [0.2, 0.25) is 0 Å². The molecule has 0 aliphatic carbocycles. The Labute approximate surface area is 115 Å². The van der Waals surface area contributed by atoms with Crippen molar-refractivity contribution in [1.82, 2.24) is 9.97 Å². The number of rotatable bonds is 2. The van der Waals surface area contributed by atoms with Gasteiger partial charge in [-0.25, -0.2) is 4.98 Å². The second-order valence-electron chi connectivity index (χ2n) is 5.54. The number of fused-ring (bicyclic) bond motifs is 1. The number of β-amino-alcohol motifs (C(OH)–C–C–N with tert-alkyl or cyclic N) is 1. The van der Waals surface area contributed by atoms with E-state index in [1.54, 1.807) is 6.07 Å². The van der Waals surface area contributed by atoms with Crippen LogP contribution < -0.4 is 4.90 Å². The lowest BCUT2D eigenvalue weighted by Crippen LogP contribution is -2.46. The van der Waals surface area contributed by atoms with Crippen molar-refractivity contribution in [2.24, 2.45) is 0 Å². The first-order valence-electron chi connectivity index (χ1n) is 6.56. The quantitative estimate of drug-likeness (QED) is 0.644. The number of aromatic nitrogens is 2. The van der Waals surface area contributed by atoms with Gasteiger partial charge in [0.2, 0.25) is 5.95 Å². The average molecular weight is 276 g/mol. The Morgan fingerprint density at radius 3 is 3.05 bits per heavy atom. The summed E-state index contributed by atoms with van der Waals surface area (Å²) in [4.78, 5) is 19.9. The van der Waals surface area contributed by atoms with Crippen molar-refractivity contribution in [3.63, 3.8) is 0 Å². The third-order valence-corrected chi connectivity index (χ3v) is 3.64. The second kappa shape index (κ2) is 4.45. The van der Waals surface area contributed by atoms with Crippen LogP contribution in [0.3, 0.4) is 0 Å². The SMILES string of the molecule is CC1(O)CCCN(c2nc3ccc([N+](=O)[O-])cc3[nH]2)C1. The third kappa shape index (κ3) is 2.32. The van der Waals surface area contributed by atoms with E-state index in [0.717, 1.165) is 19.4 Å². The summed E-state index contributed by atoms with van der Waals surface area (Å²) in [5, 5.41) is 20.9. The number of hydrogen-bond acceptors (Lipinski definition) is 5. The largest absolute Gasteiger partial charge is 0.388 e. The molecule has 106 valence electrons. The van der Waals surface area contributed by atoms with E-state index >= 15 is 0 Å². The minimum Gasteiger partial charge on any atom is -0.388 e. The summed E-state index contributed by atoms with van der Waals surface area (Å²) >= 11 is 0. The van der Waals surface area contributed by atoms with E-state index in [1.165, 1.54) is 12.1 Å². The number of nitrogens with one attached hydrogen (secondary N) is 1. The highest BCUT2D eigenvalue weighted by molar-refractivity contribution is 5.80. The standard InChI is InChI=1S/C13H16N4O3/c1-13(18)5-2-6-16(8-13)12-14-10-4-3-9(17(19)20)7-11(10)15-12/h3-4,7,18H,2,5-6,8H2,1H3,(H,14,15). The first-order valence-corrected chi connectivity index (χ1v) is 6.56.